The Hall–Kier alpha value is -2.07. The zero-order valence-electron chi connectivity index (χ0n) is 12.5. The lowest BCUT2D eigenvalue weighted by molar-refractivity contribution is 0.199. The van der Waals surface area contributed by atoms with Gasteiger partial charge in [-0.1, -0.05) is 18.2 Å². The maximum absolute atomic E-state index is 13.4. The fourth-order valence-corrected chi connectivity index (χ4v) is 2.38. The summed E-state index contributed by atoms with van der Waals surface area (Å²) in [5, 5.41) is 9.83. The van der Waals surface area contributed by atoms with Crippen LogP contribution in [0.4, 0.5) is 10.1 Å². The molecule has 2 aromatic carbocycles. The van der Waals surface area contributed by atoms with Crippen LogP contribution in [0.1, 0.15) is 24.2 Å². The van der Waals surface area contributed by atoms with Gasteiger partial charge in [-0.15, -0.1) is 0 Å². The van der Waals surface area contributed by atoms with Gasteiger partial charge in [0.2, 0.25) is 0 Å². The van der Waals surface area contributed by atoms with Crippen molar-refractivity contribution in [2.75, 3.05) is 19.1 Å². The number of nitrogens with zero attached hydrogens (tertiary/aromatic N) is 1. The lowest BCUT2D eigenvalue weighted by atomic mass is 10.1. The Morgan fingerprint density at radius 3 is 2.62 bits per heavy atom. The Kier molecular flexibility index (Phi) is 4.81. The summed E-state index contributed by atoms with van der Waals surface area (Å²) in [7, 11) is 3.55. The average molecular weight is 289 g/mol. The van der Waals surface area contributed by atoms with Crippen molar-refractivity contribution in [1.82, 2.24) is 0 Å². The molecule has 0 saturated heterocycles. The molecule has 0 aromatic heterocycles. The molecule has 112 valence electrons. The second-order valence-electron chi connectivity index (χ2n) is 5.05. The summed E-state index contributed by atoms with van der Waals surface area (Å²) < 4.78 is 18.7. The van der Waals surface area contributed by atoms with E-state index in [1.807, 2.05) is 36.2 Å². The third-order valence-electron chi connectivity index (χ3n) is 3.45. The highest BCUT2D eigenvalue weighted by Crippen LogP contribution is 2.29. The first-order valence-corrected chi connectivity index (χ1v) is 6.83. The molecule has 0 aliphatic rings. The van der Waals surface area contributed by atoms with Gasteiger partial charge in [-0.05, 0) is 31.2 Å². The van der Waals surface area contributed by atoms with E-state index in [1.165, 1.54) is 12.1 Å². The van der Waals surface area contributed by atoms with E-state index in [9.17, 15) is 9.50 Å². The number of methoxy groups -OCH3 is 1. The van der Waals surface area contributed by atoms with Crippen LogP contribution < -0.4 is 9.64 Å². The first kappa shape index (κ1) is 15.3. The van der Waals surface area contributed by atoms with Crippen LogP contribution in [0.2, 0.25) is 0 Å². The van der Waals surface area contributed by atoms with Crippen molar-refractivity contribution >= 4 is 5.69 Å². The van der Waals surface area contributed by atoms with Gasteiger partial charge in [-0.3, -0.25) is 0 Å². The van der Waals surface area contributed by atoms with Gasteiger partial charge in [-0.25, -0.2) is 4.39 Å². The molecule has 2 aromatic rings. The number of hydrogen-bond acceptors (Lipinski definition) is 3. The Morgan fingerprint density at radius 1 is 1.24 bits per heavy atom. The monoisotopic (exact) mass is 289 g/mol. The van der Waals surface area contributed by atoms with Crippen LogP contribution in [-0.4, -0.2) is 19.3 Å². The lowest BCUT2D eigenvalue weighted by Gasteiger charge is -2.24. The molecule has 0 radical (unpaired) electrons. The number of para-hydroxylation sites is 1. The van der Waals surface area contributed by atoms with Crippen LogP contribution >= 0.6 is 0 Å². The molecular weight excluding hydrogens is 269 g/mol. The minimum Gasteiger partial charge on any atom is -0.496 e. The maximum Gasteiger partial charge on any atom is 0.123 e. The number of hydrogen-bond donors (Lipinski definition) is 1. The highest BCUT2D eigenvalue weighted by Gasteiger charge is 2.14. The van der Waals surface area contributed by atoms with Gasteiger partial charge in [0.05, 0.1) is 13.2 Å². The van der Waals surface area contributed by atoms with E-state index in [4.69, 9.17) is 4.74 Å². The lowest BCUT2D eigenvalue weighted by Crippen LogP contribution is -2.19. The Bertz CT molecular complexity index is 613. The number of aliphatic hydroxyl groups is 1. The van der Waals surface area contributed by atoms with Gasteiger partial charge in [-0.2, -0.15) is 0 Å². The quantitative estimate of drug-likeness (QED) is 0.914. The van der Waals surface area contributed by atoms with Crippen molar-refractivity contribution in [3.05, 3.63) is 59.4 Å². The van der Waals surface area contributed by atoms with Crippen LogP contribution in [0.5, 0.6) is 5.75 Å². The number of anilines is 1. The topological polar surface area (TPSA) is 32.7 Å². The molecule has 2 rings (SSSR count). The summed E-state index contributed by atoms with van der Waals surface area (Å²) in [6.45, 7) is 2.24. The van der Waals surface area contributed by atoms with E-state index in [2.05, 4.69) is 0 Å². The fraction of sp³-hybridized carbons (Fsp3) is 0.294. The molecule has 0 heterocycles. The second-order valence-corrected chi connectivity index (χ2v) is 5.05. The number of ether oxygens (including phenoxy) is 1. The van der Waals surface area contributed by atoms with Crippen molar-refractivity contribution in [2.45, 2.75) is 19.6 Å². The fourth-order valence-electron chi connectivity index (χ4n) is 2.38. The second kappa shape index (κ2) is 6.59. The minimum atomic E-state index is -0.726. The van der Waals surface area contributed by atoms with Gasteiger partial charge in [0.15, 0.2) is 0 Å². The van der Waals surface area contributed by atoms with Crippen LogP contribution in [0, 0.1) is 5.82 Å². The van der Waals surface area contributed by atoms with Gasteiger partial charge in [0.25, 0.3) is 0 Å². The SMILES string of the molecule is COc1ccccc1CN(C)c1ccc(F)cc1[C@H](C)O. The molecule has 0 spiro atoms. The van der Waals surface area contributed by atoms with Crippen molar-refractivity contribution in [3.63, 3.8) is 0 Å². The third-order valence-corrected chi connectivity index (χ3v) is 3.45. The molecular formula is C17H20FNO2. The number of halogens is 1. The first-order chi connectivity index (χ1) is 10.0. The van der Waals surface area contributed by atoms with E-state index >= 15 is 0 Å². The van der Waals surface area contributed by atoms with E-state index in [-0.39, 0.29) is 5.82 Å². The Morgan fingerprint density at radius 2 is 1.95 bits per heavy atom. The average Bonchev–Trinajstić information content (AvgIpc) is 2.47. The third kappa shape index (κ3) is 3.52. The van der Waals surface area contributed by atoms with Gasteiger partial charge < -0.3 is 14.7 Å². The van der Waals surface area contributed by atoms with Crippen LogP contribution in [0.15, 0.2) is 42.5 Å². The van der Waals surface area contributed by atoms with E-state index in [1.54, 1.807) is 20.1 Å². The summed E-state index contributed by atoms with van der Waals surface area (Å²) >= 11 is 0. The molecule has 0 saturated carbocycles. The Labute approximate surface area is 124 Å². The van der Waals surface area contributed by atoms with E-state index < -0.39 is 6.10 Å². The van der Waals surface area contributed by atoms with Crippen LogP contribution in [-0.2, 0) is 6.54 Å². The standard InChI is InChI=1S/C17H20FNO2/c1-12(20)15-10-14(18)8-9-16(15)19(2)11-13-6-4-5-7-17(13)21-3/h4-10,12,20H,11H2,1-3H3/t12-/m0/s1. The minimum absolute atomic E-state index is 0.347. The molecule has 21 heavy (non-hydrogen) atoms. The van der Waals surface area contributed by atoms with Crippen LogP contribution in [0.3, 0.4) is 0 Å². The van der Waals surface area contributed by atoms with Gasteiger partial charge >= 0.3 is 0 Å². The predicted molar refractivity (Wildman–Crippen MR) is 82.1 cm³/mol. The molecule has 1 atom stereocenters. The molecule has 0 fully saturated rings. The summed E-state index contributed by atoms with van der Waals surface area (Å²) in [4.78, 5) is 1.97. The number of aliphatic hydroxyl groups excluding tert-OH is 1. The summed E-state index contributed by atoms with van der Waals surface area (Å²) in [6, 6.07) is 12.2. The van der Waals surface area contributed by atoms with Crippen molar-refractivity contribution in [2.24, 2.45) is 0 Å². The largest absolute Gasteiger partial charge is 0.496 e. The normalized spacial score (nSPS) is 12.0. The van der Waals surface area contributed by atoms with Gasteiger partial charge in [0, 0.05) is 30.4 Å². The van der Waals surface area contributed by atoms with E-state index in [0.29, 0.717) is 12.1 Å². The molecule has 0 aliphatic carbocycles. The number of benzene rings is 2. The van der Waals surface area contributed by atoms with Crippen molar-refractivity contribution in [1.29, 1.82) is 0 Å². The van der Waals surface area contributed by atoms with E-state index in [0.717, 1.165) is 17.0 Å². The van der Waals surface area contributed by atoms with Crippen molar-refractivity contribution < 1.29 is 14.2 Å². The highest BCUT2D eigenvalue weighted by molar-refractivity contribution is 5.55. The van der Waals surface area contributed by atoms with Crippen molar-refractivity contribution in [3.8, 4) is 5.75 Å². The zero-order valence-corrected chi connectivity index (χ0v) is 12.5. The smallest absolute Gasteiger partial charge is 0.123 e. The molecule has 1 N–H and O–H groups in total. The maximum atomic E-state index is 13.4. The first-order valence-electron chi connectivity index (χ1n) is 6.83. The molecule has 0 amide bonds. The molecule has 0 bridgehead atoms. The summed E-state index contributed by atoms with van der Waals surface area (Å²) in [5.74, 6) is 0.463. The Balaban J connectivity index is 2.30. The molecule has 3 nitrogen and oxygen atoms in total. The summed E-state index contributed by atoms with van der Waals surface area (Å²) in [5.41, 5.74) is 2.41. The molecule has 0 aliphatic heterocycles. The molecule has 0 unspecified atom stereocenters. The highest BCUT2D eigenvalue weighted by atomic mass is 19.1. The zero-order chi connectivity index (χ0) is 15.4. The summed E-state index contributed by atoms with van der Waals surface area (Å²) in [6.07, 6.45) is -0.726. The van der Waals surface area contributed by atoms with Crippen LogP contribution in [0.25, 0.3) is 0 Å². The number of rotatable bonds is 5. The molecule has 4 heteroatoms. The van der Waals surface area contributed by atoms with Gasteiger partial charge in [0.1, 0.15) is 11.6 Å². The predicted octanol–water partition coefficient (Wildman–Crippen LogP) is 3.52.